The second-order valence-electron chi connectivity index (χ2n) is 3.73. The molecular formula is C9H21N2+. The maximum absolute atomic E-state index is 3.96. The van der Waals surface area contributed by atoms with Crippen LogP contribution in [0, 0.1) is 11.8 Å². The molecule has 0 radical (unpaired) electrons. The Labute approximate surface area is 69.5 Å². The van der Waals surface area contributed by atoms with Crippen molar-refractivity contribution in [2.75, 3.05) is 20.1 Å². The van der Waals surface area contributed by atoms with Gasteiger partial charge in [-0.05, 0) is 45.2 Å². The normalized spacial score (nSPS) is 32.2. The van der Waals surface area contributed by atoms with E-state index < -0.39 is 0 Å². The van der Waals surface area contributed by atoms with E-state index in [2.05, 4.69) is 11.1 Å². The topological polar surface area (TPSA) is 39.7 Å². The highest BCUT2D eigenvalue weighted by molar-refractivity contribution is 4.72. The molecule has 0 aliphatic heterocycles. The maximum Gasteiger partial charge on any atom is 0.0768 e. The molecule has 11 heavy (non-hydrogen) atoms. The van der Waals surface area contributed by atoms with Gasteiger partial charge >= 0.3 is 0 Å². The molecule has 1 rings (SSSR count). The molecule has 0 aromatic rings. The minimum Gasteiger partial charge on any atom is -0.357 e. The predicted molar refractivity (Wildman–Crippen MR) is 47.1 cm³/mol. The van der Waals surface area contributed by atoms with E-state index in [-0.39, 0.29) is 0 Å². The van der Waals surface area contributed by atoms with Gasteiger partial charge in [-0.15, -0.1) is 0 Å². The smallest absolute Gasteiger partial charge is 0.0768 e. The molecule has 0 aromatic heterocycles. The van der Waals surface area contributed by atoms with Crippen LogP contribution in [-0.4, -0.2) is 20.1 Å². The van der Waals surface area contributed by atoms with Crippen molar-refractivity contribution in [3.63, 3.8) is 0 Å². The number of quaternary nitrogens is 1. The van der Waals surface area contributed by atoms with E-state index in [4.69, 9.17) is 0 Å². The van der Waals surface area contributed by atoms with Crippen molar-refractivity contribution in [2.45, 2.75) is 25.7 Å². The van der Waals surface area contributed by atoms with Crippen molar-refractivity contribution in [1.29, 1.82) is 0 Å². The molecule has 0 bridgehead atoms. The van der Waals surface area contributed by atoms with Crippen molar-refractivity contribution in [2.24, 2.45) is 11.8 Å². The summed E-state index contributed by atoms with van der Waals surface area (Å²) in [5.41, 5.74) is 3.96. The second kappa shape index (κ2) is 4.73. The van der Waals surface area contributed by atoms with E-state index in [1.807, 2.05) is 7.05 Å². The highest BCUT2D eigenvalue weighted by atomic mass is 14.8. The summed E-state index contributed by atoms with van der Waals surface area (Å²) in [6, 6.07) is 0. The molecule has 0 amide bonds. The first kappa shape index (κ1) is 9.01. The summed E-state index contributed by atoms with van der Waals surface area (Å²) in [4.78, 5) is 0. The summed E-state index contributed by atoms with van der Waals surface area (Å²) >= 11 is 0. The van der Waals surface area contributed by atoms with Gasteiger partial charge in [-0.2, -0.15) is 0 Å². The van der Waals surface area contributed by atoms with Gasteiger partial charge in [0.25, 0.3) is 0 Å². The number of nitrogens with one attached hydrogen (secondary N) is 1. The molecule has 1 saturated carbocycles. The largest absolute Gasteiger partial charge is 0.357 e. The molecule has 2 nitrogen and oxygen atoms in total. The molecule has 66 valence electrons. The van der Waals surface area contributed by atoms with Gasteiger partial charge in [-0.1, -0.05) is 0 Å². The number of rotatable bonds is 3. The van der Waals surface area contributed by atoms with E-state index in [0.717, 1.165) is 18.4 Å². The Kier molecular flexibility index (Phi) is 3.87. The van der Waals surface area contributed by atoms with Crippen LogP contribution in [0.3, 0.4) is 0 Å². The zero-order valence-corrected chi connectivity index (χ0v) is 7.60. The lowest BCUT2D eigenvalue weighted by molar-refractivity contribution is -0.380. The second-order valence-corrected chi connectivity index (χ2v) is 3.73. The van der Waals surface area contributed by atoms with Crippen LogP contribution in [0.4, 0.5) is 0 Å². The third-order valence-electron chi connectivity index (χ3n) is 2.87. The third kappa shape index (κ3) is 2.80. The lowest BCUT2D eigenvalue weighted by Crippen LogP contribution is -2.54. The van der Waals surface area contributed by atoms with Gasteiger partial charge < -0.3 is 11.1 Å². The Morgan fingerprint density at radius 2 is 1.73 bits per heavy atom. The number of hydrogen-bond acceptors (Lipinski definition) is 1. The first-order valence-electron chi connectivity index (χ1n) is 4.80. The van der Waals surface area contributed by atoms with Crippen LogP contribution in [-0.2, 0) is 0 Å². The van der Waals surface area contributed by atoms with Crippen LogP contribution in [0.5, 0.6) is 0 Å². The standard InChI is InChI=1S/C9H20N2/c1-11-7-9-4-2-8(6-10)3-5-9/h8-9,11H,2-7,10H2,1H3/p+1. The summed E-state index contributed by atoms with van der Waals surface area (Å²) in [5, 5.41) is 3.25. The van der Waals surface area contributed by atoms with Gasteiger partial charge in [0, 0.05) is 5.92 Å². The van der Waals surface area contributed by atoms with Gasteiger partial charge in [0.05, 0.1) is 6.54 Å². The summed E-state index contributed by atoms with van der Waals surface area (Å²) in [5.74, 6) is 1.88. The van der Waals surface area contributed by atoms with Crippen LogP contribution in [0.1, 0.15) is 25.7 Å². The Hall–Kier alpha value is -0.0800. The van der Waals surface area contributed by atoms with E-state index >= 15 is 0 Å². The molecular weight excluding hydrogens is 136 g/mol. The minimum atomic E-state index is 0.933. The van der Waals surface area contributed by atoms with Crippen LogP contribution in [0.25, 0.3) is 0 Å². The average molecular weight is 157 g/mol. The molecule has 0 spiro atoms. The van der Waals surface area contributed by atoms with Crippen LogP contribution in [0.2, 0.25) is 0 Å². The average Bonchev–Trinajstić information content (AvgIpc) is 2.07. The summed E-state index contributed by atoms with van der Waals surface area (Å²) in [7, 11) is 2.05. The van der Waals surface area contributed by atoms with E-state index in [1.54, 1.807) is 0 Å². The molecule has 0 heterocycles. The maximum atomic E-state index is 3.96. The molecule has 4 N–H and O–H groups in total. The zero-order valence-electron chi connectivity index (χ0n) is 7.60. The third-order valence-corrected chi connectivity index (χ3v) is 2.87. The Bertz CT molecular complexity index is 95.7. The van der Waals surface area contributed by atoms with Gasteiger partial charge in [-0.25, -0.2) is 0 Å². The zero-order chi connectivity index (χ0) is 8.10. The van der Waals surface area contributed by atoms with Gasteiger partial charge in [0.15, 0.2) is 0 Å². The van der Waals surface area contributed by atoms with Crippen molar-refractivity contribution in [1.82, 2.24) is 5.32 Å². The lowest BCUT2D eigenvalue weighted by Gasteiger charge is -2.26. The van der Waals surface area contributed by atoms with Gasteiger partial charge in [-0.3, -0.25) is 0 Å². The molecule has 0 unspecified atom stereocenters. The molecule has 1 fully saturated rings. The summed E-state index contributed by atoms with van der Waals surface area (Å²) < 4.78 is 0. The van der Waals surface area contributed by atoms with E-state index in [9.17, 15) is 0 Å². The van der Waals surface area contributed by atoms with Crippen LogP contribution >= 0.6 is 0 Å². The molecule has 1 aliphatic rings. The van der Waals surface area contributed by atoms with Crippen molar-refractivity contribution in [3.05, 3.63) is 0 Å². The molecule has 0 aromatic carbocycles. The summed E-state index contributed by atoms with van der Waals surface area (Å²) in [6.45, 7) is 2.36. The fraction of sp³-hybridized carbons (Fsp3) is 1.00. The first-order valence-corrected chi connectivity index (χ1v) is 4.80. The van der Waals surface area contributed by atoms with Crippen LogP contribution in [0.15, 0.2) is 0 Å². The molecule has 0 atom stereocenters. The van der Waals surface area contributed by atoms with E-state index in [1.165, 1.54) is 32.2 Å². The Morgan fingerprint density at radius 1 is 1.18 bits per heavy atom. The van der Waals surface area contributed by atoms with Gasteiger partial charge in [0.1, 0.15) is 0 Å². The quantitative estimate of drug-likeness (QED) is 0.606. The van der Waals surface area contributed by atoms with Crippen molar-refractivity contribution in [3.8, 4) is 0 Å². The molecule has 2 heteroatoms. The number of hydrogen-bond donors (Lipinski definition) is 2. The first-order chi connectivity index (χ1) is 5.36. The SMILES string of the molecule is CNCC1CCC(C[NH3+])CC1. The van der Waals surface area contributed by atoms with Crippen molar-refractivity contribution >= 4 is 0 Å². The Morgan fingerprint density at radius 3 is 2.18 bits per heavy atom. The monoisotopic (exact) mass is 157 g/mol. The molecule has 0 saturated heterocycles. The minimum absolute atomic E-state index is 0.933. The predicted octanol–water partition coefficient (Wildman–Crippen LogP) is 0.254. The van der Waals surface area contributed by atoms with Crippen molar-refractivity contribution < 1.29 is 5.73 Å². The Balaban J connectivity index is 2.14. The highest BCUT2D eigenvalue weighted by Crippen LogP contribution is 2.26. The summed E-state index contributed by atoms with van der Waals surface area (Å²) in [6.07, 6.45) is 5.66. The fourth-order valence-electron chi connectivity index (χ4n) is 2.01. The highest BCUT2D eigenvalue weighted by Gasteiger charge is 2.20. The molecule has 1 aliphatic carbocycles. The fourth-order valence-corrected chi connectivity index (χ4v) is 2.01. The van der Waals surface area contributed by atoms with E-state index in [0.29, 0.717) is 0 Å². The lowest BCUT2D eigenvalue weighted by atomic mass is 9.82. The van der Waals surface area contributed by atoms with Gasteiger partial charge in [0.2, 0.25) is 0 Å². The van der Waals surface area contributed by atoms with Crippen LogP contribution < -0.4 is 11.1 Å².